The standard InChI is InChI=1S/C24H34N4.HI/c1-19-9-10-23(20(2)15-19)17-27-24(25-3)26-16-22-12-14-28(18-22)13-11-21-7-5-4-6-8-21;/h4-10,15,22H,11-14,16-18H2,1-3H3,(H2,25,26,27);1H. The van der Waals surface area contributed by atoms with E-state index in [2.05, 4.69) is 82.9 Å². The van der Waals surface area contributed by atoms with Gasteiger partial charge in [0, 0.05) is 33.2 Å². The van der Waals surface area contributed by atoms with Crippen LogP contribution in [0.25, 0.3) is 0 Å². The van der Waals surface area contributed by atoms with Gasteiger partial charge in [-0.2, -0.15) is 0 Å². The van der Waals surface area contributed by atoms with E-state index in [0.29, 0.717) is 5.92 Å². The molecular formula is C24H35IN4. The first-order valence-corrected chi connectivity index (χ1v) is 10.4. The molecule has 0 aromatic heterocycles. The Morgan fingerprint density at radius 2 is 1.90 bits per heavy atom. The van der Waals surface area contributed by atoms with Crippen molar-refractivity contribution in [2.45, 2.75) is 33.2 Å². The molecule has 0 radical (unpaired) electrons. The van der Waals surface area contributed by atoms with Gasteiger partial charge >= 0.3 is 0 Å². The zero-order chi connectivity index (χ0) is 19.8. The Morgan fingerprint density at radius 1 is 1.10 bits per heavy atom. The van der Waals surface area contributed by atoms with Gasteiger partial charge in [-0.1, -0.05) is 54.1 Å². The second kappa shape index (κ2) is 12.2. The first-order valence-electron chi connectivity index (χ1n) is 10.4. The zero-order valence-corrected chi connectivity index (χ0v) is 20.3. The smallest absolute Gasteiger partial charge is 0.191 e. The zero-order valence-electron chi connectivity index (χ0n) is 17.9. The molecule has 1 heterocycles. The Bertz CT molecular complexity index is 776. The second-order valence-corrected chi connectivity index (χ2v) is 7.93. The minimum absolute atomic E-state index is 0. The van der Waals surface area contributed by atoms with E-state index >= 15 is 0 Å². The number of hydrogen-bond acceptors (Lipinski definition) is 2. The maximum absolute atomic E-state index is 4.39. The Balaban J connectivity index is 0.00000300. The lowest BCUT2D eigenvalue weighted by atomic mass is 10.1. The number of guanidine groups is 1. The molecule has 4 nitrogen and oxygen atoms in total. The number of nitrogens with zero attached hydrogens (tertiary/aromatic N) is 2. The predicted octanol–water partition coefficient (Wildman–Crippen LogP) is 4.15. The van der Waals surface area contributed by atoms with Crippen LogP contribution in [0.1, 0.15) is 28.7 Å². The summed E-state index contributed by atoms with van der Waals surface area (Å²) in [6.07, 6.45) is 2.40. The number of likely N-dealkylation sites (tertiary alicyclic amines) is 1. The van der Waals surface area contributed by atoms with E-state index in [0.717, 1.165) is 32.0 Å². The fourth-order valence-corrected chi connectivity index (χ4v) is 3.90. The first-order chi connectivity index (χ1) is 13.6. The molecule has 158 valence electrons. The number of aryl methyl sites for hydroxylation is 2. The van der Waals surface area contributed by atoms with Crippen molar-refractivity contribution in [1.82, 2.24) is 15.5 Å². The van der Waals surface area contributed by atoms with Crippen molar-refractivity contribution < 1.29 is 0 Å². The van der Waals surface area contributed by atoms with Crippen molar-refractivity contribution >= 4 is 29.9 Å². The van der Waals surface area contributed by atoms with Crippen LogP contribution in [0, 0.1) is 19.8 Å². The van der Waals surface area contributed by atoms with E-state index in [-0.39, 0.29) is 24.0 Å². The summed E-state index contributed by atoms with van der Waals surface area (Å²) in [6, 6.07) is 17.4. The molecule has 2 aromatic rings. The summed E-state index contributed by atoms with van der Waals surface area (Å²) in [5, 5.41) is 6.97. The quantitative estimate of drug-likeness (QED) is 0.337. The van der Waals surface area contributed by atoms with Crippen LogP contribution in [0.15, 0.2) is 53.5 Å². The molecule has 0 bridgehead atoms. The van der Waals surface area contributed by atoms with Crippen molar-refractivity contribution in [3.63, 3.8) is 0 Å². The largest absolute Gasteiger partial charge is 0.356 e. The van der Waals surface area contributed by atoms with Gasteiger partial charge in [0.25, 0.3) is 0 Å². The minimum atomic E-state index is 0. The molecule has 0 spiro atoms. The van der Waals surface area contributed by atoms with Crippen LogP contribution in [-0.2, 0) is 13.0 Å². The molecule has 5 heteroatoms. The number of aliphatic imine (C=N–C) groups is 1. The number of nitrogens with one attached hydrogen (secondary N) is 2. The number of benzene rings is 2. The Labute approximate surface area is 193 Å². The van der Waals surface area contributed by atoms with E-state index in [1.165, 1.54) is 41.8 Å². The molecule has 0 aliphatic carbocycles. The Morgan fingerprint density at radius 3 is 2.62 bits per heavy atom. The van der Waals surface area contributed by atoms with Gasteiger partial charge in [-0.15, -0.1) is 24.0 Å². The highest BCUT2D eigenvalue weighted by atomic mass is 127. The summed E-state index contributed by atoms with van der Waals surface area (Å²) in [7, 11) is 1.85. The normalized spacial score (nSPS) is 17.1. The molecule has 0 saturated carbocycles. The highest BCUT2D eigenvalue weighted by Crippen LogP contribution is 2.16. The molecule has 2 aromatic carbocycles. The number of rotatable bonds is 7. The average molecular weight is 506 g/mol. The fraction of sp³-hybridized carbons (Fsp3) is 0.458. The van der Waals surface area contributed by atoms with Gasteiger partial charge in [0.2, 0.25) is 0 Å². The Hall–Kier alpha value is -1.60. The summed E-state index contributed by atoms with van der Waals surface area (Å²) in [4.78, 5) is 6.98. The van der Waals surface area contributed by atoms with Crippen LogP contribution in [0.2, 0.25) is 0 Å². The van der Waals surface area contributed by atoms with E-state index in [1.807, 2.05) is 7.05 Å². The molecule has 1 saturated heterocycles. The van der Waals surface area contributed by atoms with E-state index in [1.54, 1.807) is 0 Å². The molecular weight excluding hydrogens is 471 g/mol. The van der Waals surface area contributed by atoms with Gasteiger partial charge in [-0.3, -0.25) is 4.99 Å². The minimum Gasteiger partial charge on any atom is -0.356 e. The Kier molecular flexibility index (Phi) is 9.94. The average Bonchev–Trinajstić information content (AvgIpc) is 3.16. The number of hydrogen-bond donors (Lipinski definition) is 2. The SMILES string of the molecule is CN=C(NCc1ccc(C)cc1C)NCC1CCN(CCc2ccccc2)C1.I. The van der Waals surface area contributed by atoms with Crippen molar-refractivity contribution in [1.29, 1.82) is 0 Å². The second-order valence-electron chi connectivity index (χ2n) is 7.93. The van der Waals surface area contributed by atoms with Crippen molar-refractivity contribution in [2.24, 2.45) is 10.9 Å². The molecule has 29 heavy (non-hydrogen) atoms. The highest BCUT2D eigenvalue weighted by molar-refractivity contribution is 14.0. The van der Waals surface area contributed by atoms with Crippen molar-refractivity contribution in [3.8, 4) is 0 Å². The van der Waals surface area contributed by atoms with Gasteiger partial charge in [-0.25, -0.2) is 0 Å². The van der Waals surface area contributed by atoms with Crippen molar-refractivity contribution in [3.05, 3.63) is 70.8 Å². The van der Waals surface area contributed by atoms with Crippen molar-refractivity contribution in [2.75, 3.05) is 33.2 Å². The third kappa shape index (κ3) is 7.63. The highest BCUT2D eigenvalue weighted by Gasteiger charge is 2.22. The summed E-state index contributed by atoms with van der Waals surface area (Å²) >= 11 is 0. The first kappa shape index (κ1) is 23.7. The number of halogens is 1. The van der Waals surface area contributed by atoms with Gasteiger partial charge in [0.15, 0.2) is 5.96 Å². The fourth-order valence-electron chi connectivity index (χ4n) is 3.90. The van der Waals surface area contributed by atoms with Gasteiger partial charge in [0.05, 0.1) is 0 Å². The molecule has 1 aliphatic rings. The van der Waals surface area contributed by atoms with Crippen LogP contribution in [-0.4, -0.2) is 44.1 Å². The molecule has 3 rings (SSSR count). The lowest BCUT2D eigenvalue weighted by Gasteiger charge is -2.18. The topological polar surface area (TPSA) is 39.7 Å². The van der Waals surface area contributed by atoms with E-state index in [9.17, 15) is 0 Å². The van der Waals surface area contributed by atoms with Crippen LogP contribution >= 0.6 is 24.0 Å². The van der Waals surface area contributed by atoms with Crippen LogP contribution < -0.4 is 10.6 Å². The van der Waals surface area contributed by atoms with Gasteiger partial charge in [-0.05, 0) is 55.8 Å². The summed E-state index contributed by atoms with van der Waals surface area (Å²) in [6.45, 7) is 9.62. The lowest BCUT2D eigenvalue weighted by molar-refractivity contribution is 0.328. The van der Waals surface area contributed by atoms with Crippen LogP contribution in [0.4, 0.5) is 0 Å². The molecule has 1 fully saturated rings. The summed E-state index contributed by atoms with van der Waals surface area (Å²) in [5.74, 6) is 1.58. The molecule has 1 aliphatic heterocycles. The molecule has 0 amide bonds. The summed E-state index contributed by atoms with van der Waals surface area (Å²) in [5.41, 5.74) is 5.39. The molecule has 1 unspecified atom stereocenters. The van der Waals surface area contributed by atoms with E-state index < -0.39 is 0 Å². The maximum atomic E-state index is 4.39. The third-order valence-corrected chi connectivity index (χ3v) is 5.66. The van der Waals surface area contributed by atoms with Crippen LogP contribution in [0.3, 0.4) is 0 Å². The maximum Gasteiger partial charge on any atom is 0.191 e. The third-order valence-electron chi connectivity index (χ3n) is 5.66. The predicted molar refractivity (Wildman–Crippen MR) is 134 cm³/mol. The molecule has 1 atom stereocenters. The van der Waals surface area contributed by atoms with E-state index in [4.69, 9.17) is 0 Å². The van der Waals surface area contributed by atoms with Gasteiger partial charge in [0.1, 0.15) is 0 Å². The molecule has 2 N–H and O–H groups in total. The lowest BCUT2D eigenvalue weighted by Crippen LogP contribution is -2.40. The van der Waals surface area contributed by atoms with Gasteiger partial charge < -0.3 is 15.5 Å². The van der Waals surface area contributed by atoms with Crippen LogP contribution in [0.5, 0.6) is 0 Å². The monoisotopic (exact) mass is 506 g/mol. The summed E-state index contributed by atoms with van der Waals surface area (Å²) < 4.78 is 0.